The highest BCUT2D eigenvalue weighted by molar-refractivity contribution is 7.14. The Morgan fingerprint density at radius 1 is 1.07 bits per heavy atom. The van der Waals surface area contributed by atoms with Gasteiger partial charge in [-0.05, 0) is 12.2 Å². The number of methoxy groups -OCH3 is 2. The summed E-state index contributed by atoms with van der Waals surface area (Å²) in [7, 11) is 2.73. The van der Waals surface area contributed by atoms with Crippen LogP contribution in [-0.4, -0.2) is 42.2 Å². The van der Waals surface area contributed by atoms with Crippen molar-refractivity contribution in [2.45, 2.75) is 39.7 Å². The molecule has 0 aromatic carbocycles. The normalized spacial score (nSPS) is 14.0. The van der Waals surface area contributed by atoms with Crippen molar-refractivity contribution in [3.05, 3.63) is 39.4 Å². The van der Waals surface area contributed by atoms with Gasteiger partial charge in [0.2, 0.25) is 0 Å². The van der Waals surface area contributed by atoms with Crippen LogP contribution in [-0.2, 0) is 23.8 Å². The lowest BCUT2D eigenvalue weighted by atomic mass is 10.0. The smallest absolute Gasteiger partial charge is 0.333 e. The third kappa shape index (κ3) is 6.50. The molecular weight excluding hydrogens is 424 g/mol. The van der Waals surface area contributed by atoms with E-state index in [1.54, 1.807) is 30.4 Å². The third-order valence-corrected chi connectivity index (χ3v) is 6.18. The van der Waals surface area contributed by atoms with E-state index < -0.39 is 24.0 Å². The molecule has 0 aliphatic carbocycles. The van der Waals surface area contributed by atoms with Crippen molar-refractivity contribution in [1.82, 2.24) is 9.97 Å². The summed E-state index contributed by atoms with van der Waals surface area (Å²) in [5, 5.41) is 5.83. The number of carbonyl (C=O) groups excluding carboxylic acids is 2. The maximum Gasteiger partial charge on any atom is 0.333 e. The summed E-state index contributed by atoms with van der Waals surface area (Å²) in [5.74, 6) is -0.660. The molecule has 7 nitrogen and oxygen atoms in total. The molecular formula is C21H26N2O5S2. The summed E-state index contributed by atoms with van der Waals surface area (Å²) in [6.07, 6.45) is 4.11. The number of hydrogen-bond acceptors (Lipinski definition) is 9. The number of carbonyl (C=O) groups is 2. The van der Waals surface area contributed by atoms with Gasteiger partial charge in [-0.15, -0.1) is 22.7 Å². The first-order valence-electron chi connectivity index (χ1n) is 9.35. The van der Waals surface area contributed by atoms with Gasteiger partial charge in [-0.1, -0.05) is 20.8 Å². The molecule has 0 spiro atoms. The number of rotatable bonds is 9. The van der Waals surface area contributed by atoms with Crippen molar-refractivity contribution < 1.29 is 23.8 Å². The zero-order valence-electron chi connectivity index (χ0n) is 17.9. The van der Waals surface area contributed by atoms with Gasteiger partial charge in [-0.3, -0.25) is 4.79 Å². The van der Waals surface area contributed by atoms with E-state index in [0.717, 1.165) is 21.4 Å². The van der Waals surface area contributed by atoms with E-state index >= 15 is 0 Å². The molecule has 0 N–H and O–H groups in total. The van der Waals surface area contributed by atoms with Gasteiger partial charge >= 0.3 is 11.9 Å². The summed E-state index contributed by atoms with van der Waals surface area (Å²) in [4.78, 5) is 32.4. The lowest BCUT2D eigenvalue weighted by Gasteiger charge is -2.22. The van der Waals surface area contributed by atoms with Crippen LogP contribution >= 0.6 is 22.7 Å². The topological polar surface area (TPSA) is 87.6 Å². The summed E-state index contributed by atoms with van der Waals surface area (Å²) >= 11 is 3.13. The lowest BCUT2D eigenvalue weighted by Crippen LogP contribution is -2.25. The van der Waals surface area contributed by atoms with E-state index in [4.69, 9.17) is 9.47 Å². The van der Waals surface area contributed by atoms with Gasteiger partial charge in [-0.25, -0.2) is 14.8 Å². The third-order valence-electron chi connectivity index (χ3n) is 4.15. The van der Waals surface area contributed by atoms with Crippen LogP contribution in [0.2, 0.25) is 0 Å². The Hall–Kier alpha value is -2.52. The molecule has 2 rings (SSSR count). The first-order valence-corrected chi connectivity index (χ1v) is 11.1. The minimum atomic E-state index is -0.643. The predicted octanol–water partition coefficient (Wildman–Crippen LogP) is 4.67. The Labute approximate surface area is 184 Å². The number of aromatic nitrogens is 2. The van der Waals surface area contributed by atoms with Crippen molar-refractivity contribution >= 4 is 40.7 Å². The van der Waals surface area contributed by atoms with Crippen LogP contribution in [0.4, 0.5) is 0 Å². The number of ether oxygens (including phenoxy) is 3. The van der Waals surface area contributed by atoms with E-state index in [2.05, 4.69) is 28.6 Å². The fraction of sp³-hybridized carbons (Fsp3) is 0.429. The molecule has 9 heteroatoms. The van der Waals surface area contributed by atoms with E-state index in [9.17, 15) is 9.59 Å². The lowest BCUT2D eigenvalue weighted by molar-refractivity contribution is -0.145. The maximum atomic E-state index is 11.6. The SMILES string of the molecule is COC(=O)/C=C(/OC)[C@H](C)[C@H](/C=C/c1csc(-c2csc(C(C)C)n2)n1)OC(C)=O. The molecule has 0 saturated heterocycles. The first kappa shape index (κ1) is 23.8. The summed E-state index contributed by atoms with van der Waals surface area (Å²) in [6, 6.07) is 0. The van der Waals surface area contributed by atoms with Gasteiger partial charge in [0.15, 0.2) is 0 Å². The van der Waals surface area contributed by atoms with E-state index in [-0.39, 0.29) is 0 Å². The Kier molecular flexibility index (Phi) is 8.73. The average molecular weight is 451 g/mol. The van der Waals surface area contributed by atoms with Crippen LogP contribution in [0, 0.1) is 5.92 Å². The summed E-state index contributed by atoms with van der Waals surface area (Å²) < 4.78 is 15.4. The maximum absolute atomic E-state index is 11.6. The van der Waals surface area contributed by atoms with Crippen molar-refractivity contribution in [3.8, 4) is 10.7 Å². The number of hydrogen-bond donors (Lipinski definition) is 0. The molecule has 0 amide bonds. The number of esters is 2. The van der Waals surface area contributed by atoms with Crippen LogP contribution < -0.4 is 0 Å². The Morgan fingerprint density at radius 3 is 2.37 bits per heavy atom. The van der Waals surface area contributed by atoms with Gasteiger partial charge in [0.25, 0.3) is 0 Å². The minimum absolute atomic E-state index is 0.348. The predicted molar refractivity (Wildman–Crippen MR) is 118 cm³/mol. The van der Waals surface area contributed by atoms with Crippen molar-refractivity contribution in [2.75, 3.05) is 14.2 Å². The fourth-order valence-corrected chi connectivity index (χ4v) is 4.18. The largest absolute Gasteiger partial charge is 0.500 e. The quantitative estimate of drug-likeness (QED) is 0.311. The van der Waals surface area contributed by atoms with Crippen LogP contribution in [0.5, 0.6) is 0 Å². The van der Waals surface area contributed by atoms with Crippen LogP contribution in [0.1, 0.15) is 44.3 Å². The molecule has 2 aromatic heterocycles. The molecule has 30 heavy (non-hydrogen) atoms. The highest BCUT2D eigenvalue weighted by Crippen LogP contribution is 2.29. The summed E-state index contributed by atoms with van der Waals surface area (Å²) in [6.45, 7) is 7.35. The van der Waals surface area contributed by atoms with Crippen molar-refractivity contribution in [3.63, 3.8) is 0 Å². The second-order valence-corrected chi connectivity index (χ2v) is 8.55. The second-order valence-electron chi connectivity index (χ2n) is 6.80. The van der Waals surface area contributed by atoms with Gasteiger partial charge in [0.05, 0.1) is 36.9 Å². The molecule has 162 valence electrons. The van der Waals surface area contributed by atoms with Gasteiger partial charge in [0.1, 0.15) is 22.6 Å². The van der Waals surface area contributed by atoms with Crippen molar-refractivity contribution in [2.24, 2.45) is 5.92 Å². The van der Waals surface area contributed by atoms with Crippen molar-refractivity contribution in [1.29, 1.82) is 0 Å². The van der Waals surface area contributed by atoms with E-state index in [1.807, 2.05) is 10.8 Å². The fourth-order valence-electron chi connectivity index (χ4n) is 2.54. The molecule has 0 saturated carbocycles. The molecule has 0 unspecified atom stereocenters. The number of nitrogens with zero attached hydrogens (tertiary/aromatic N) is 2. The van der Waals surface area contributed by atoms with Gasteiger partial charge in [0, 0.05) is 23.6 Å². The Bertz CT molecular complexity index is 929. The molecule has 0 bridgehead atoms. The zero-order chi connectivity index (χ0) is 22.3. The van der Waals surface area contributed by atoms with E-state index in [0.29, 0.717) is 11.7 Å². The van der Waals surface area contributed by atoms with Crippen LogP contribution in [0.15, 0.2) is 28.7 Å². The first-order chi connectivity index (χ1) is 14.2. The number of thiazole rings is 2. The Balaban J connectivity index is 2.21. The molecule has 2 heterocycles. The molecule has 0 aliphatic heterocycles. The highest BCUT2D eigenvalue weighted by atomic mass is 32.1. The van der Waals surface area contributed by atoms with Crippen LogP contribution in [0.3, 0.4) is 0 Å². The van der Waals surface area contributed by atoms with E-state index in [1.165, 1.54) is 38.6 Å². The molecule has 0 aliphatic rings. The molecule has 2 atom stereocenters. The van der Waals surface area contributed by atoms with Gasteiger partial charge in [-0.2, -0.15) is 0 Å². The summed E-state index contributed by atoms with van der Waals surface area (Å²) in [5.41, 5.74) is 1.59. The van der Waals surface area contributed by atoms with Gasteiger partial charge < -0.3 is 14.2 Å². The molecule has 0 radical (unpaired) electrons. The van der Waals surface area contributed by atoms with Crippen LogP contribution in [0.25, 0.3) is 16.8 Å². The monoisotopic (exact) mass is 450 g/mol. The average Bonchev–Trinajstić information content (AvgIpc) is 3.37. The molecule has 0 fully saturated rings. The highest BCUT2D eigenvalue weighted by Gasteiger charge is 2.23. The minimum Gasteiger partial charge on any atom is -0.500 e. The standard InChI is InChI=1S/C21H26N2O5S2/c1-12(2)20-23-16(11-30-20)21-22-15(10-29-21)7-8-17(28-14(4)24)13(3)18(26-5)9-19(25)27-6/h7-13,17H,1-6H3/b8-7+,18-9+/t13-,17+/m1/s1. The molecule has 2 aromatic rings. The Morgan fingerprint density at radius 2 is 1.80 bits per heavy atom. The second kappa shape index (κ2) is 11.0. The zero-order valence-corrected chi connectivity index (χ0v) is 19.5.